The summed E-state index contributed by atoms with van der Waals surface area (Å²) in [6, 6.07) is 7.55. The van der Waals surface area contributed by atoms with Crippen LogP contribution in [0.2, 0.25) is 5.02 Å². The molecule has 0 aliphatic rings. The largest absolute Gasteiger partial charge is 0.506 e. The topological polar surface area (TPSA) is 75.7 Å². The van der Waals surface area contributed by atoms with E-state index in [0.717, 1.165) is 4.47 Å². The minimum absolute atomic E-state index is 0.118. The van der Waals surface area contributed by atoms with Gasteiger partial charge in [0.25, 0.3) is 5.69 Å². The van der Waals surface area contributed by atoms with Crippen molar-refractivity contribution in [3.05, 3.63) is 60.0 Å². The molecule has 0 aliphatic heterocycles. The summed E-state index contributed by atoms with van der Waals surface area (Å²) < 4.78 is 0.969. The van der Waals surface area contributed by atoms with E-state index < -0.39 is 4.92 Å². The number of aliphatic imine (C=N–C) groups is 1. The number of rotatable bonds is 3. The molecular formula is C13H7Br2ClN2O3. The van der Waals surface area contributed by atoms with Crippen LogP contribution in [-0.2, 0) is 0 Å². The molecule has 0 radical (unpaired) electrons. The van der Waals surface area contributed by atoms with Crippen LogP contribution in [0.5, 0.6) is 5.75 Å². The summed E-state index contributed by atoms with van der Waals surface area (Å²) in [6.45, 7) is 0. The van der Waals surface area contributed by atoms with Crippen molar-refractivity contribution < 1.29 is 10.0 Å². The molecule has 2 rings (SSSR count). The Morgan fingerprint density at radius 1 is 1.24 bits per heavy atom. The van der Waals surface area contributed by atoms with Crippen LogP contribution in [0.25, 0.3) is 0 Å². The lowest BCUT2D eigenvalue weighted by Gasteiger charge is -2.02. The van der Waals surface area contributed by atoms with Crippen LogP contribution in [0.15, 0.2) is 44.3 Å². The van der Waals surface area contributed by atoms with Crippen molar-refractivity contribution in [2.45, 2.75) is 0 Å². The second-order valence-electron chi connectivity index (χ2n) is 3.98. The standard InChI is InChI=1S/C13H7Br2ClN2O3/c14-10-2-1-8(4-12(10)16)17-6-7-3-9(18(20)21)5-11(15)13(7)19/h1-6,19H. The Morgan fingerprint density at radius 2 is 1.95 bits per heavy atom. The molecule has 108 valence electrons. The molecule has 0 atom stereocenters. The Balaban J connectivity index is 2.40. The smallest absolute Gasteiger partial charge is 0.271 e. The van der Waals surface area contributed by atoms with Crippen LogP contribution in [0.4, 0.5) is 11.4 Å². The third-order valence-electron chi connectivity index (χ3n) is 2.54. The van der Waals surface area contributed by atoms with Crippen LogP contribution in [0.3, 0.4) is 0 Å². The van der Waals surface area contributed by atoms with E-state index in [-0.39, 0.29) is 21.5 Å². The lowest BCUT2D eigenvalue weighted by Crippen LogP contribution is -1.91. The summed E-state index contributed by atoms with van der Waals surface area (Å²) in [7, 11) is 0. The molecule has 0 saturated carbocycles. The van der Waals surface area contributed by atoms with Crippen LogP contribution in [-0.4, -0.2) is 16.2 Å². The minimum Gasteiger partial charge on any atom is -0.506 e. The Bertz CT molecular complexity index is 750. The zero-order valence-electron chi connectivity index (χ0n) is 10.3. The van der Waals surface area contributed by atoms with Crippen molar-refractivity contribution in [2.24, 2.45) is 4.99 Å². The van der Waals surface area contributed by atoms with E-state index in [1.807, 2.05) is 0 Å². The van der Waals surface area contributed by atoms with E-state index in [2.05, 4.69) is 36.9 Å². The van der Waals surface area contributed by atoms with Gasteiger partial charge in [-0.25, -0.2) is 0 Å². The highest BCUT2D eigenvalue weighted by atomic mass is 79.9. The van der Waals surface area contributed by atoms with Crippen molar-refractivity contribution >= 4 is 61.1 Å². The average Bonchev–Trinajstić information content (AvgIpc) is 2.43. The predicted octanol–water partition coefficient (Wildman–Crippen LogP) is 5.23. The van der Waals surface area contributed by atoms with Gasteiger partial charge in [-0.3, -0.25) is 15.1 Å². The molecule has 0 amide bonds. The molecule has 2 aromatic rings. The summed E-state index contributed by atoms with van der Waals surface area (Å²) in [5.41, 5.74) is 0.648. The average molecular weight is 434 g/mol. The summed E-state index contributed by atoms with van der Waals surface area (Å²) >= 11 is 12.3. The van der Waals surface area contributed by atoms with Gasteiger partial charge in [0.2, 0.25) is 0 Å². The van der Waals surface area contributed by atoms with Gasteiger partial charge in [0.05, 0.1) is 20.1 Å². The number of nitro benzene ring substituents is 1. The van der Waals surface area contributed by atoms with Gasteiger partial charge >= 0.3 is 0 Å². The number of phenolic OH excluding ortho intramolecular Hbond substituents is 1. The monoisotopic (exact) mass is 432 g/mol. The fourth-order valence-corrected chi connectivity index (χ4v) is 2.40. The fourth-order valence-electron chi connectivity index (χ4n) is 1.52. The Morgan fingerprint density at radius 3 is 2.57 bits per heavy atom. The molecule has 0 unspecified atom stereocenters. The predicted molar refractivity (Wildman–Crippen MR) is 88.9 cm³/mol. The molecule has 1 N–H and O–H groups in total. The summed E-state index contributed by atoms with van der Waals surface area (Å²) in [5.74, 6) is -0.118. The van der Waals surface area contributed by atoms with Gasteiger partial charge in [-0.05, 0) is 50.1 Å². The first-order valence-electron chi connectivity index (χ1n) is 5.54. The van der Waals surface area contributed by atoms with Gasteiger partial charge in [-0.15, -0.1) is 0 Å². The summed E-state index contributed by atoms with van der Waals surface area (Å²) in [6.07, 6.45) is 1.34. The third kappa shape index (κ3) is 3.81. The van der Waals surface area contributed by atoms with Crippen molar-refractivity contribution in [3.8, 4) is 5.75 Å². The molecule has 0 heterocycles. The molecule has 0 saturated heterocycles. The SMILES string of the molecule is O=[N+]([O-])c1cc(Br)c(O)c(C=Nc2ccc(Br)c(Cl)c2)c1. The number of benzene rings is 2. The quantitative estimate of drug-likeness (QED) is 0.408. The number of hydrogen-bond acceptors (Lipinski definition) is 4. The fraction of sp³-hybridized carbons (Fsp3) is 0. The highest BCUT2D eigenvalue weighted by Crippen LogP contribution is 2.32. The van der Waals surface area contributed by atoms with Crippen LogP contribution in [0.1, 0.15) is 5.56 Å². The van der Waals surface area contributed by atoms with Gasteiger partial charge in [-0.1, -0.05) is 11.6 Å². The Kier molecular flexibility index (Phi) is 4.97. The van der Waals surface area contributed by atoms with Crippen molar-refractivity contribution in [3.63, 3.8) is 0 Å². The molecular weight excluding hydrogens is 427 g/mol. The van der Waals surface area contributed by atoms with Crippen LogP contribution < -0.4 is 0 Å². The van der Waals surface area contributed by atoms with Gasteiger partial charge in [0.15, 0.2) is 0 Å². The Hall–Kier alpha value is -1.44. The number of aromatic hydroxyl groups is 1. The number of phenols is 1. The van der Waals surface area contributed by atoms with E-state index in [1.165, 1.54) is 18.3 Å². The number of nitrogens with zero attached hydrogens (tertiary/aromatic N) is 2. The summed E-state index contributed by atoms with van der Waals surface area (Å²) in [4.78, 5) is 14.4. The number of halogens is 3. The maximum Gasteiger partial charge on any atom is 0.271 e. The molecule has 0 fully saturated rings. The molecule has 0 spiro atoms. The normalized spacial score (nSPS) is 11.0. The second kappa shape index (κ2) is 6.55. The van der Waals surface area contributed by atoms with E-state index in [1.54, 1.807) is 18.2 Å². The lowest BCUT2D eigenvalue weighted by atomic mass is 10.2. The van der Waals surface area contributed by atoms with Crippen LogP contribution >= 0.6 is 43.5 Å². The van der Waals surface area contributed by atoms with Gasteiger partial charge in [0.1, 0.15) is 5.75 Å². The maximum atomic E-state index is 10.8. The highest BCUT2D eigenvalue weighted by molar-refractivity contribution is 9.10. The highest BCUT2D eigenvalue weighted by Gasteiger charge is 2.13. The van der Waals surface area contributed by atoms with E-state index in [9.17, 15) is 15.2 Å². The maximum absolute atomic E-state index is 10.8. The first-order chi connectivity index (χ1) is 9.88. The van der Waals surface area contributed by atoms with Crippen molar-refractivity contribution in [2.75, 3.05) is 0 Å². The number of non-ortho nitro benzene ring substituents is 1. The van der Waals surface area contributed by atoms with Gasteiger partial charge < -0.3 is 5.11 Å². The van der Waals surface area contributed by atoms with E-state index in [4.69, 9.17) is 11.6 Å². The zero-order chi connectivity index (χ0) is 15.6. The van der Waals surface area contributed by atoms with Gasteiger partial charge in [-0.2, -0.15) is 0 Å². The van der Waals surface area contributed by atoms with Crippen molar-refractivity contribution in [1.29, 1.82) is 0 Å². The first-order valence-corrected chi connectivity index (χ1v) is 7.51. The Labute approximate surface area is 141 Å². The molecule has 0 bridgehead atoms. The van der Waals surface area contributed by atoms with E-state index >= 15 is 0 Å². The molecule has 0 aliphatic carbocycles. The van der Waals surface area contributed by atoms with Crippen molar-refractivity contribution in [1.82, 2.24) is 0 Å². The molecule has 21 heavy (non-hydrogen) atoms. The molecule has 2 aromatic carbocycles. The van der Waals surface area contributed by atoms with Crippen LogP contribution in [0, 0.1) is 10.1 Å². The third-order valence-corrected chi connectivity index (χ3v) is 4.38. The minimum atomic E-state index is -0.544. The summed E-state index contributed by atoms with van der Waals surface area (Å²) in [5, 5.41) is 21.2. The second-order valence-corrected chi connectivity index (χ2v) is 6.10. The first kappa shape index (κ1) is 15.9. The molecule has 8 heteroatoms. The van der Waals surface area contributed by atoms with E-state index in [0.29, 0.717) is 10.7 Å². The number of hydrogen-bond donors (Lipinski definition) is 1. The molecule has 5 nitrogen and oxygen atoms in total. The number of nitro groups is 1. The van der Waals surface area contributed by atoms with Gasteiger partial charge in [0, 0.05) is 28.4 Å². The lowest BCUT2D eigenvalue weighted by molar-refractivity contribution is -0.385. The molecule has 0 aromatic heterocycles. The zero-order valence-corrected chi connectivity index (χ0v) is 14.2.